The molecular formula is C30H49O. The summed E-state index contributed by atoms with van der Waals surface area (Å²) in [6.07, 6.45) is 16.1. The van der Waals surface area contributed by atoms with Gasteiger partial charge in [0.25, 0.3) is 0 Å². The molecule has 175 valence electrons. The molecule has 0 aliphatic heterocycles. The van der Waals surface area contributed by atoms with Crippen molar-refractivity contribution in [2.45, 2.75) is 113 Å². The number of rotatable bonds is 6. The van der Waals surface area contributed by atoms with Crippen LogP contribution in [0.5, 0.6) is 0 Å². The average molecular weight is 426 g/mol. The molecule has 0 amide bonds. The fraction of sp³-hybridized carbons (Fsp3) is 0.900. The highest BCUT2D eigenvalue weighted by atomic mass is 16.1. The molecule has 1 heteroatoms. The van der Waals surface area contributed by atoms with Gasteiger partial charge in [0.1, 0.15) is 0 Å². The maximum atomic E-state index is 11.6. The van der Waals surface area contributed by atoms with E-state index in [1.165, 1.54) is 63.4 Å². The number of hydrogen-bond acceptors (Lipinski definition) is 1. The SMILES string of the molecule is CC1=C([C]=O)CC2CCC3C(CC[C@@]4(C)C3CC[C@@H]4[C@H](C)CCCC(C)C)[C@@]2(C)C1C. The minimum absolute atomic E-state index is 0.385. The minimum Gasteiger partial charge on any atom is -0.285 e. The van der Waals surface area contributed by atoms with Gasteiger partial charge in [0.2, 0.25) is 6.29 Å². The Balaban J connectivity index is 1.53. The second-order valence-corrected chi connectivity index (χ2v) is 13.2. The van der Waals surface area contributed by atoms with E-state index in [0.29, 0.717) is 22.7 Å². The summed E-state index contributed by atoms with van der Waals surface area (Å²) in [7, 11) is 0. The Bertz CT molecular complexity index is 703. The lowest BCUT2D eigenvalue weighted by molar-refractivity contribution is -0.120. The molecule has 3 fully saturated rings. The first kappa shape index (κ1) is 23.6. The van der Waals surface area contributed by atoms with Crippen LogP contribution in [0.25, 0.3) is 0 Å². The summed E-state index contributed by atoms with van der Waals surface area (Å²) in [5.74, 6) is 6.63. The number of carbonyl (C=O) groups excluding carboxylic acids is 1. The van der Waals surface area contributed by atoms with Crippen LogP contribution in [-0.2, 0) is 4.79 Å². The molecule has 31 heavy (non-hydrogen) atoms. The molecule has 0 N–H and O–H groups in total. The Labute approximate surface area is 193 Å². The van der Waals surface area contributed by atoms with Gasteiger partial charge in [-0.1, -0.05) is 66.4 Å². The Morgan fingerprint density at radius 3 is 2.42 bits per heavy atom. The van der Waals surface area contributed by atoms with Gasteiger partial charge in [-0.25, -0.2) is 0 Å². The quantitative estimate of drug-likeness (QED) is 0.417. The number of fused-ring (bicyclic) bond motifs is 5. The van der Waals surface area contributed by atoms with Crippen LogP contribution in [0, 0.1) is 58.2 Å². The molecule has 0 spiro atoms. The van der Waals surface area contributed by atoms with Gasteiger partial charge >= 0.3 is 0 Å². The van der Waals surface area contributed by atoms with E-state index >= 15 is 0 Å². The van der Waals surface area contributed by atoms with E-state index in [1.807, 2.05) is 0 Å². The first-order chi connectivity index (χ1) is 14.6. The third kappa shape index (κ3) is 3.69. The molecule has 0 aromatic heterocycles. The van der Waals surface area contributed by atoms with Crippen molar-refractivity contribution in [3.8, 4) is 0 Å². The maximum Gasteiger partial charge on any atom is 0.229 e. The molecule has 1 nitrogen and oxygen atoms in total. The van der Waals surface area contributed by atoms with Crippen LogP contribution < -0.4 is 0 Å². The average Bonchev–Trinajstić information content (AvgIpc) is 3.08. The molecule has 4 aliphatic carbocycles. The highest BCUT2D eigenvalue weighted by Gasteiger charge is 2.61. The van der Waals surface area contributed by atoms with E-state index < -0.39 is 0 Å². The largest absolute Gasteiger partial charge is 0.285 e. The molecule has 9 atom stereocenters. The second kappa shape index (κ2) is 8.64. The fourth-order valence-electron chi connectivity index (χ4n) is 9.75. The van der Waals surface area contributed by atoms with Gasteiger partial charge in [-0.05, 0) is 110 Å². The lowest BCUT2D eigenvalue weighted by Crippen LogP contribution is -2.55. The Kier molecular flexibility index (Phi) is 6.57. The van der Waals surface area contributed by atoms with E-state index in [-0.39, 0.29) is 0 Å². The molecule has 4 rings (SSSR count). The summed E-state index contributed by atoms with van der Waals surface area (Å²) >= 11 is 0. The van der Waals surface area contributed by atoms with Crippen LogP contribution in [0.4, 0.5) is 0 Å². The molecule has 4 aliphatic rings. The van der Waals surface area contributed by atoms with Crippen molar-refractivity contribution < 1.29 is 4.79 Å². The lowest BCUT2D eigenvalue weighted by atomic mass is 9.42. The van der Waals surface area contributed by atoms with E-state index in [4.69, 9.17) is 0 Å². The predicted octanol–water partition coefficient (Wildman–Crippen LogP) is 8.39. The molecule has 3 saturated carbocycles. The normalized spacial score (nSPS) is 45.8. The third-order valence-electron chi connectivity index (χ3n) is 11.8. The van der Waals surface area contributed by atoms with Gasteiger partial charge in [0.05, 0.1) is 0 Å². The summed E-state index contributed by atoms with van der Waals surface area (Å²) in [4.78, 5) is 11.6. The molecule has 0 bridgehead atoms. The zero-order valence-electron chi connectivity index (χ0n) is 21.6. The summed E-state index contributed by atoms with van der Waals surface area (Å²) in [5.41, 5.74) is 3.32. The zero-order valence-corrected chi connectivity index (χ0v) is 21.6. The zero-order chi connectivity index (χ0) is 22.6. The van der Waals surface area contributed by atoms with Crippen LogP contribution in [0.3, 0.4) is 0 Å². The monoisotopic (exact) mass is 425 g/mol. The summed E-state index contributed by atoms with van der Waals surface area (Å²) < 4.78 is 0. The Hall–Kier alpha value is -0.590. The van der Waals surface area contributed by atoms with E-state index in [0.717, 1.165) is 47.5 Å². The molecule has 5 unspecified atom stereocenters. The summed E-state index contributed by atoms with van der Waals surface area (Å²) in [5, 5.41) is 0. The van der Waals surface area contributed by atoms with Crippen LogP contribution >= 0.6 is 0 Å². The van der Waals surface area contributed by atoms with Gasteiger partial charge < -0.3 is 0 Å². The first-order valence-electron chi connectivity index (χ1n) is 13.7. The maximum absolute atomic E-state index is 11.6. The predicted molar refractivity (Wildman–Crippen MR) is 131 cm³/mol. The van der Waals surface area contributed by atoms with Crippen molar-refractivity contribution in [1.29, 1.82) is 0 Å². The topological polar surface area (TPSA) is 17.1 Å². The van der Waals surface area contributed by atoms with E-state index in [9.17, 15) is 4.79 Å². The third-order valence-corrected chi connectivity index (χ3v) is 11.8. The molecule has 1 radical (unpaired) electrons. The van der Waals surface area contributed by atoms with Crippen molar-refractivity contribution in [3.63, 3.8) is 0 Å². The first-order valence-corrected chi connectivity index (χ1v) is 13.7. The highest BCUT2D eigenvalue weighted by molar-refractivity contribution is 5.76. The van der Waals surface area contributed by atoms with Crippen molar-refractivity contribution >= 4 is 6.29 Å². The van der Waals surface area contributed by atoms with Gasteiger partial charge in [0, 0.05) is 5.57 Å². The lowest BCUT2D eigenvalue weighted by Gasteiger charge is -2.62. The molecule has 0 heterocycles. The molecular weight excluding hydrogens is 376 g/mol. The molecule has 0 saturated heterocycles. The Morgan fingerprint density at radius 1 is 1.00 bits per heavy atom. The Morgan fingerprint density at radius 2 is 1.74 bits per heavy atom. The molecule has 0 aromatic rings. The van der Waals surface area contributed by atoms with Crippen molar-refractivity contribution in [2.24, 2.45) is 58.2 Å². The summed E-state index contributed by atoms with van der Waals surface area (Å²) in [6, 6.07) is 0. The highest BCUT2D eigenvalue weighted by Crippen LogP contribution is 2.69. The van der Waals surface area contributed by atoms with Crippen molar-refractivity contribution in [2.75, 3.05) is 0 Å². The van der Waals surface area contributed by atoms with E-state index in [1.54, 1.807) is 0 Å². The van der Waals surface area contributed by atoms with Crippen LogP contribution in [0.2, 0.25) is 0 Å². The van der Waals surface area contributed by atoms with Crippen LogP contribution in [0.15, 0.2) is 11.1 Å². The van der Waals surface area contributed by atoms with Gasteiger partial charge in [-0.2, -0.15) is 0 Å². The van der Waals surface area contributed by atoms with Gasteiger partial charge in [0.15, 0.2) is 0 Å². The summed E-state index contributed by atoms with van der Waals surface area (Å²) in [6.45, 7) is 17.3. The van der Waals surface area contributed by atoms with Crippen molar-refractivity contribution in [1.82, 2.24) is 0 Å². The number of allylic oxidation sites excluding steroid dienone is 2. The second-order valence-electron chi connectivity index (χ2n) is 13.2. The van der Waals surface area contributed by atoms with E-state index in [2.05, 4.69) is 54.8 Å². The fourth-order valence-corrected chi connectivity index (χ4v) is 9.75. The van der Waals surface area contributed by atoms with Crippen LogP contribution in [0.1, 0.15) is 113 Å². The standard InChI is InChI=1S/C30H49O/c1-19(2)9-8-10-20(3)26-13-14-27-25-12-11-24-17-23(18-31)21(4)22(5)30(24,7)28(25)15-16-29(26,27)6/h19-20,22,24-28H,8-17H2,1-7H3/t20-,22?,24?,25?,26-,27?,28?,29-,30+/m1/s1. The smallest absolute Gasteiger partial charge is 0.229 e. The number of hydrogen-bond donors (Lipinski definition) is 0. The molecule has 0 aromatic carbocycles. The van der Waals surface area contributed by atoms with Gasteiger partial charge in [-0.15, -0.1) is 0 Å². The van der Waals surface area contributed by atoms with Crippen molar-refractivity contribution in [3.05, 3.63) is 11.1 Å². The van der Waals surface area contributed by atoms with Gasteiger partial charge in [-0.3, -0.25) is 4.79 Å². The van der Waals surface area contributed by atoms with Crippen LogP contribution in [-0.4, -0.2) is 6.29 Å². The minimum atomic E-state index is 0.385.